The Bertz CT molecular complexity index is 1340. The Morgan fingerprint density at radius 3 is 2.35 bits per heavy atom. The Hall–Kier alpha value is -3.38. The highest BCUT2D eigenvalue weighted by atomic mass is 35.5. The topological polar surface area (TPSA) is 108 Å². The number of hydrogen-bond acceptors (Lipinski definition) is 5. The summed E-state index contributed by atoms with van der Waals surface area (Å²) < 4.78 is 33.0. The lowest BCUT2D eigenvalue weighted by atomic mass is 9.92. The van der Waals surface area contributed by atoms with Gasteiger partial charge in [0.1, 0.15) is 10.6 Å². The fourth-order valence-corrected chi connectivity index (χ4v) is 5.15. The molecule has 0 aliphatic carbocycles. The Kier molecular flexibility index (Phi) is 7.94. The molecule has 176 valence electrons. The molecule has 1 amide bonds. The van der Waals surface area contributed by atoms with E-state index < -0.39 is 21.8 Å². The van der Waals surface area contributed by atoms with Gasteiger partial charge in [-0.15, -0.1) is 0 Å². The van der Waals surface area contributed by atoms with Crippen molar-refractivity contribution in [2.75, 3.05) is 12.4 Å². The number of anilines is 1. The van der Waals surface area contributed by atoms with E-state index in [4.69, 9.17) is 16.3 Å². The number of carbonyl (C=O) groups excluding carboxylic acids is 1. The lowest BCUT2D eigenvalue weighted by Gasteiger charge is -2.15. The summed E-state index contributed by atoms with van der Waals surface area (Å²) in [7, 11) is -2.53. The van der Waals surface area contributed by atoms with Crippen LogP contribution >= 0.6 is 11.6 Å². The highest BCUT2D eigenvalue weighted by Gasteiger charge is 2.23. The number of ether oxygens (including phenoxy) is 1. The number of methoxy groups -OCH3 is 1. The van der Waals surface area contributed by atoms with Crippen LogP contribution in [0.5, 0.6) is 5.75 Å². The molecular formula is C25H24ClN3O4S. The van der Waals surface area contributed by atoms with E-state index in [0.29, 0.717) is 16.3 Å². The van der Waals surface area contributed by atoms with Gasteiger partial charge in [-0.2, -0.15) is 5.26 Å². The van der Waals surface area contributed by atoms with E-state index in [9.17, 15) is 18.5 Å². The average Bonchev–Trinajstić information content (AvgIpc) is 2.80. The summed E-state index contributed by atoms with van der Waals surface area (Å²) in [5.41, 5.74) is 1.96. The molecule has 9 heteroatoms. The lowest BCUT2D eigenvalue weighted by molar-refractivity contribution is 0.102. The number of amides is 1. The molecule has 0 radical (unpaired) electrons. The first-order chi connectivity index (χ1) is 16.2. The minimum absolute atomic E-state index is 0.126. The van der Waals surface area contributed by atoms with Crippen molar-refractivity contribution in [1.29, 1.82) is 5.26 Å². The molecule has 3 aromatic rings. The smallest absolute Gasteiger partial charge is 0.255 e. The Balaban J connectivity index is 1.87. The van der Waals surface area contributed by atoms with E-state index in [1.54, 1.807) is 32.0 Å². The summed E-state index contributed by atoms with van der Waals surface area (Å²) in [6, 6.07) is 20.3. The van der Waals surface area contributed by atoms with E-state index in [2.05, 4.69) is 16.1 Å². The number of rotatable bonds is 8. The van der Waals surface area contributed by atoms with Crippen LogP contribution in [-0.2, 0) is 10.0 Å². The van der Waals surface area contributed by atoms with E-state index in [0.717, 1.165) is 5.56 Å². The van der Waals surface area contributed by atoms with Crippen molar-refractivity contribution in [3.63, 3.8) is 0 Å². The maximum atomic E-state index is 12.9. The lowest BCUT2D eigenvalue weighted by Crippen LogP contribution is -2.30. The summed E-state index contributed by atoms with van der Waals surface area (Å²) in [5, 5.41) is 12.7. The van der Waals surface area contributed by atoms with Crippen LogP contribution in [0, 0.1) is 11.3 Å². The van der Waals surface area contributed by atoms with E-state index in [1.165, 1.54) is 25.3 Å². The van der Waals surface area contributed by atoms with Crippen LogP contribution in [0.3, 0.4) is 0 Å². The van der Waals surface area contributed by atoms with Crippen molar-refractivity contribution in [1.82, 2.24) is 4.72 Å². The van der Waals surface area contributed by atoms with E-state index in [1.807, 2.05) is 30.3 Å². The highest BCUT2D eigenvalue weighted by Crippen LogP contribution is 2.32. The zero-order valence-corrected chi connectivity index (χ0v) is 20.4. The molecule has 0 spiro atoms. The minimum atomic E-state index is -3.89. The van der Waals surface area contributed by atoms with E-state index >= 15 is 0 Å². The standard InChI is InChI=1S/C25H24ClN3O4S/c1-16(2)29-34(31,32)24-13-18(9-12-23(24)33-3)25(30)28-19-10-11-20(22(26)14-19)21(15-27)17-7-5-4-6-8-17/h4-14,16,21,29H,1-3H3,(H,28,30). The summed E-state index contributed by atoms with van der Waals surface area (Å²) in [5.74, 6) is -0.950. The molecule has 34 heavy (non-hydrogen) atoms. The van der Waals surface area contributed by atoms with Crippen molar-refractivity contribution < 1.29 is 17.9 Å². The van der Waals surface area contributed by atoms with Crippen LogP contribution in [0.1, 0.15) is 41.3 Å². The van der Waals surface area contributed by atoms with Gasteiger partial charge in [0.05, 0.1) is 19.1 Å². The predicted octanol–water partition coefficient (Wildman–Crippen LogP) is 4.94. The Morgan fingerprint density at radius 2 is 1.76 bits per heavy atom. The maximum Gasteiger partial charge on any atom is 0.255 e. The average molecular weight is 498 g/mol. The highest BCUT2D eigenvalue weighted by molar-refractivity contribution is 7.89. The van der Waals surface area contributed by atoms with Gasteiger partial charge >= 0.3 is 0 Å². The number of sulfonamides is 1. The van der Waals surface area contributed by atoms with Gasteiger partial charge in [-0.3, -0.25) is 4.79 Å². The zero-order chi connectivity index (χ0) is 24.9. The van der Waals surface area contributed by atoms with Gasteiger partial charge in [0, 0.05) is 22.3 Å². The molecule has 1 unspecified atom stereocenters. The fourth-order valence-electron chi connectivity index (χ4n) is 3.41. The second kappa shape index (κ2) is 10.7. The number of nitrogens with zero attached hydrogens (tertiary/aromatic N) is 1. The third kappa shape index (κ3) is 5.75. The molecular weight excluding hydrogens is 474 g/mol. The van der Waals surface area contributed by atoms with Crippen LogP contribution in [0.4, 0.5) is 5.69 Å². The molecule has 0 aliphatic rings. The maximum absolute atomic E-state index is 12.9. The number of benzene rings is 3. The largest absolute Gasteiger partial charge is 0.495 e. The van der Waals surface area contributed by atoms with Crippen molar-refractivity contribution in [2.45, 2.75) is 30.7 Å². The number of nitrogens with one attached hydrogen (secondary N) is 2. The molecule has 0 heterocycles. The fraction of sp³-hybridized carbons (Fsp3) is 0.200. The van der Waals surface area contributed by atoms with Crippen LogP contribution in [0.25, 0.3) is 0 Å². The van der Waals surface area contributed by atoms with Gasteiger partial charge in [0.2, 0.25) is 10.0 Å². The molecule has 0 saturated carbocycles. The van der Waals surface area contributed by atoms with Crippen molar-refractivity contribution in [3.8, 4) is 11.8 Å². The van der Waals surface area contributed by atoms with Gasteiger partial charge in [-0.1, -0.05) is 48.0 Å². The second-order valence-electron chi connectivity index (χ2n) is 7.80. The number of halogens is 1. The molecule has 3 aromatic carbocycles. The van der Waals surface area contributed by atoms with Crippen molar-refractivity contribution in [3.05, 3.63) is 88.4 Å². The Labute approximate surface area is 204 Å². The van der Waals surface area contributed by atoms with Crippen LogP contribution in [0.15, 0.2) is 71.6 Å². The van der Waals surface area contributed by atoms with Gasteiger partial charge in [-0.05, 0) is 55.3 Å². The zero-order valence-electron chi connectivity index (χ0n) is 18.9. The normalized spacial score (nSPS) is 12.1. The second-order valence-corrected chi connectivity index (χ2v) is 9.89. The first-order valence-electron chi connectivity index (χ1n) is 10.4. The Morgan fingerprint density at radius 1 is 1.06 bits per heavy atom. The molecule has 2 N–H and O–H groups in total. The van der Waals surface area contributed by atoms with Gasteiger partial charge < -0.3 is 10.1 Å². The molecule has 1 atom stereocenters. The number of hydrogen-bond donors (Lipinski definition) is 2. The molecule has 0 aromatic heterocycles. The molecule has 3 rings (SSSR count). The monoisotopic (exact) mass is 497 g/mol. The third-order valence-corrected chi connectivity index (χ3v) is 6.94. The van der Waals surface area contributed by atoms with Crippen molar-refractivity contribution >= 4 is 33.2 Å². The molecule has 0 saturated heterocycles. The van der Waals surface area contributed by atoms with Gasteiger partial charge in [-0.25, -0.2) is 13.1 Å². The molecule has 7 nitrogen and oxygen atoms in total. The summed E-state index contributed by atoms with van der Waals surface area (Å²) >= 11 is 6.45. The first kappa shape index (κ1) is 25.2. The van der Waals surface area contributed by atoms with Crippen LogP contribution in [-0.4, -0.2) is 27.5 Å². The quantitative estimate of drug-likeness (QED) is 0.458. The summed E-state index contributed by atoms with van der Waals surface area (Å²) in [6.07, 6.45) is 0. The van der Waals surface area contributed by atoms with Crippen LogP contribution < -0.4 is 14.8 Å². The van der Waals surface area contributed by atoms with E-state index in [-0.39, 0.29) is 22.3 Å². The minimum Gasteiger partial charge on any atom is -0.495 e. The third-order valence-electron chi connectivity index (χ3n) is 4.94. The van der Waals surface area contributed by atoms with Gasteiger partial charge in [0.25, 0.3) is 5.91 Å². The van der Waals surface area contributed by atoms with Gasteiger partial charge in [0.15, 0.2) is 0 Å². The van der Waals surface area contributed by atoms with Crippen LogP contribution in [0.2, 0.25) is 5.02 Å². The molecule has 0 aliphatic heterocycles. The first-order valence-corrected chi connectivity index (χ1v) is 12.3. The van der Waals surface area contributed by atoms with Crippen molar-refractivity contribution in [2.24, 2.45) is 0 Å². The summed E-state index contributed by atoms with van der Waals surface area (Å²) in [6.45, 7) is 3.39. The number of nitriles is 1. The number of carbonyl (C=O) groups is 1. The summed E-state index contributed by atoms with van der Waals surface area (Å²) in [4.78, 5) is 12.7. The molecule has 0 fully saturated rings. The SMILES string of the molecule is COc1ccc(C(=O)Nc2ccc(C(C#N)c3ccccc3)c(Cl)c2)cc1S(=O)(=O)NC(C)C. The predicted molar refractivity (Wildman–Crippen MR) is 132 cm³/mol. The molecule has 0 bridgehead atoms.